The number of aliphatic carboxylic acids is 5. The van der Waals surface area contributed by atoms with E-state index in [1.807, 2.05) is 20.8 Å². The van der Waals surface area contributed by atoms with Crippen LogP contribution in [0.3, 0.4) is 0 Å². The summed E-state index contributed by atoms with van der Waals surface area (Å²) < 4.78 is 15.1. The van der Waals surface area contributed by atoms with Crippen LogP contribution in [0.15, 0.2) is 0 Å². The van der Waals surface area contributed by atoms with Gasteiger partial charge >= 0.3 is 42.0 Å². The molecule has 0 saturated heterocycles. The number of carbonyl (C=O) groups excluding carboxylic acids is 2. The predicted molar refractivity (Wildman–Crippen MR) is 153 cm³/mol. The highest BCUT2D eigenvalue weighted by molar-refractivity contribution is 5.81. The van der Waals surface area contributed by atoms with Gasteiger partial charge in [-0.1, -0.05) is 20.8 Å². The largest absolute Gasteiger partial charge is 0.508 e. The number of carboxylic acids is 5. The Hall–Kier alpha value is -4.03. The van der Waals surface area contributed by atoms with Crippen LogP contribution in [0.4, 0.5) is 4.79 Å². The van der Waals surface area contributed by atoms with Crippen LogP contribution in [0.1, 0.15) is 46.5 Å². The topological polar surface area (TPSA) is 258 Å². The highest BCUT2D eigenvalue weighted by atomic mass is 16.7. The molecule has 0 aromatic heterocycles. The van der Waals surface area contributed by atoms with Crippen molar-refractivity contribution in [2.75, 3.05) is 72.2 Å². The maximum Gasteiger partial charge on any atom is 0.508 e. The second-order valence-corrected chi connectivity index (χ2v) is 10.3. The smallest absolute Gasteiger partial charge is 0.480 e. The average Bonchev–Trinajstić information content (AvgIpc) is 2.94. The highest BCUT2D eigenvalue weighted by Crippen LogP contribution is 2.30. The summed E-state index contributed by atoms with van der Waals surface area (Å²) in [6.07, 6.45) is 0.671. The van der Waals surface area contributed by atoms with Crippen LogP contribution in [0, 0.1) is 5.41 Å². The van der Waals surface area contributed by atoms with Gasteiger partial charge in [0.2, 0.25) is 0 Å². The van der Waals surface area contributed by atoms with Gasteiger partial charge in [0.25, 0.3) is 0 Å². The summed E-state index contributed by atoms with van der Waals surface area (Å²) in [6, 6.07) is -1.61. The number of esters is 1. The Morgan fingerprint density at radius 3 is 1.36 bits per heavy atom. The Bertz CT molecular complexity index is 922. The van der Waals surface area contributed by atoms with Crippen molar-refractivity contribution in [1.82, 2.24) is 14.7 Å². The summed E-state index contributed by atoms with van der Waals surface area (Å²) in [5.41, 5.74) is -0.181. The van der Waals surface area contributed by atoms with Crippen molar-refractivity contribution in [1.29, 1.82) is 0 Å². The fourth-order valence-corrected chi connectivity index (χ4v) is 4.34. The lowest BCUT2D eigenvalue weighted by molar-refractivity contribution is -0.154. The maximum absolute atomic E-state index is 12.5. The van der Waals surface area contributed by atoms with Gasteiger partial charge < -0.3 is 39.7 Å². The molecule has 0 bridgehead atoms. The summed E-state index contributed by atoms with van der Waals surface area (Å²) in [5, 5.41) is 46.3. The first-order valence-electron chi connectivity index (χ1n) is 14.3. The molecule has 1 atom stereocenters. The van der Waals surface area contributed by atoms with Gasteiger partial charge in [-0.2, -0.15) is 0 Å². The molecule has 0 spiro atoms. The number of carboxylic acid groups (broad SMARTS) is 5. The van der Waals surface area contributed by atoms with Gasteiger partial charge in [0.1, 0.15) is 25.9 Å². The molecule has 258 valence electrons. The standard InChI is InChI=1S/C27H45N3O15/c1-4-27(5-2,6-3)18-45-26(42)44-12-11-43-24(39)13-19(25(40)41)30(9-7-28(14-20(31)32)15-21(33)34)10-8-29(16-22(35)36)17-23(37)38/h19H,4-18H2,1-3H3,(H,31,32)(H,33,34)(H,35,36)(H,37,38)(H,40,41). The SMILES string of the molecule is CCC(CC)(CC)COC(=O)OCCOC(=O)CC(C(=O)O)N(CCN(CC(=O)O)CC(=O)O)CCN(CC(=O)O)CC(=O)O. The van der Waals surface area contributed by atoms with Gasteiger partial charge in [0, 0.05) is 31.6 Å². The Kier molecular flexibility index (Phi) is 19.7. The third-order valence-corrected chi connectivity index (χ3v) is 7.24. The molecular weight excluding hydrogens is 606 g/mol. The molecular formula is C27H45N3O15. The van der Waals surface area contributed by atoms with E-state index in [4.69, 9.17) is 34.6 Å². The van der Waals surface area contributed by atoms with Crippen molar-refractivity contribution in [3.63, 3.8) is 0 Å². The van der Waals surface area contributed by atoms with E-state index >= 15 is 0 Å². The lowest BCUT2D eigenvalue weighted by Gasteiger charge is -2.32. The van der Waals surface area contributed by atoms with Crippen molar-refractivity contribution in [3.8, 4) is 0 Å². The van der Waals surface area contributed by atoms with Gasteiger partial charge in [-0.3, -0.25) is 43.5 Å². The normalized spacial score (nSPS) is 12.1. The van der Waals surface area contributed by atoms with Gasteiger partial charge in [0.15, 0.2) is 0 Å². The van der Waals surface area contributed by atoms with Crippen LogP contribution in [-0.2, 0) is 43.0 Å². The minimum absolute atomic E-state index is 0.151. The molecule has 0 rings (SSSR count). The second kappa shape index (κ2) is 21.6. The summed E-state index contributed by atoms with van der Waals surface area (Å²) in [5.74, 6) is -7.90. The van der Waals surface area contributed by atoms with Crippen LogP contribution < -0.4 is 0 Å². The molecule has 0 aliphatic heterocycles. The third kappa shape index (κ3) is 18.4. The Morgan fingerprint density at radius 2 is 1.00 bits per heavy atom. The molecule has 0 saturated carbocycles. The van der Waals surface area contributed by atoms with E-state index in [1.54, 1.807) is 0 Å². The van der Waals surface area contributed by atoms with Crippen molar-refractivity contribution < 1.29 is 73.3 Å². The van der Waals surface area contributed by atoms with E-state index in [1.165, 1.54) is 0 Å². The highest BCUT2D eigenvalue weighted by Gasteiger charge is 2.31. The summed E-state index contributed by atoms with van der Waals surface area (Å²) in [4.78, 5) is 84.5. The number of rotatable bonds is 26. The first-order valence-corrected chi connectivity index (χ1v) is 14.3. The van der Waals surface area contributed by atoms with Crippen molar-refractivity contribution in [3.05, 3.63) is 0 Å². The van der Waals surface area contributed by atoms with Gasteiger partial charge in [-0.05, 0) is 19.3 Å². The van der Waals surface area contributed by atoms with Crippen molar-refractivity contribution in [2.24, 2.45) is 5.41 Å². The first-order chi connectivity index (χ1) is 21.1. The minimum atomic E-state index is -1.61. The summed E-state index contributed by atoms with van der Waals surface area (Å²) >= 11 is 0. The van der Waals surface area contributed by atoms with Crippen LogP contribution in [0.25, 0.3) is 0 Å². The molecule has 5 N–H and O–H groups in total. The maximum atomic E-state index is 12.5. The van der Waals surface area contributed by atoms with Crippen LogP contribution >= 0.6 is 0 Å². The fraction of sp³-hybridized carbons (Fsp3) is 0.741. The lowest BCUT2D eigenvalue weighted by atomic mass is 9.81. The zero-order valence-corrected chi connectivity index (χ0v) is 25.8. The zero-order chi connectivity index (χ0) is 34.6. The van der Waals surface area contributed by atoms with E-state index < -0.39 is 87.2 Å². The van der Waals surface area contributed by atoms with E-state index in [0.717, 1.165) is 34.0 Å². The quantitative estimate of drug-likeness (QED) is 0.0608. The molecule has 0 radical (unpaired) electrons. The molecule has 1 unspecified atom stereocenters. The minimum Gasteiger partial charge on any atom is -0.480 e. The number of hydrogen-bond donors (Lipinski definition) is 5. The molecule has 0 aromatic carbocycles. The average molecular weight is 652 g/mol. The van der Waals surface area contributed by atoms with E-state index in [2.05, 4.69) is 0 Å². The molecule has 0 heterocycles. The number of carbonyl (C=O) groups is 7. The van der Waals surface area contributed by atoms with Crippen LogP contribution in [0.5, 0.6) is 0 Å². The van der Waals surface area contributed by atoms with E-state index in [9.17, 15) is 38.7 Å². The number of ether oxygens (including phenoxy) is 3. The predicted octanol–water partition coefficient (Wildman–Crippen LogP) is -0.0131. The third-order valence-electron chi connectivity index (χ3n) is 7.24. The monoisotopic (exact) mass is 651 g/mol. The van der Waals surface area contributed by atoms with Crippen LogP contribution in [-0.4, -0.2) is 160 Å². The van der Waals surface area contributed by atoms with Gasteiger partial charge in [-0.15, -0.1) is 0 Å². The van der Waals surface area contributed by atoms with E-state index in [0.29, 0.717) is 0 Å². The van der Waals surface area contributed by atoms with E-state index in [-0.39, 0.29) is 44.8 Å². The van der Waals surface area contributed by atoms with Crippen molar-refractivity contribution in [2.45, 2.75) is 52.5 Å². The number of nitrogens with zero attached hydrogens (tertiary/aromatic N) is 3. The Morgan fingerprint density at radius 1 is 0.600 bits per heavy atom. The lowest BCUT2D eigenvalue weighted by Crippen LogP contribution is -2.50. The van der Waals surface area contributed by atoms with Crippen LogP contribution in [0.2, 0.25) is 0 Å². The van der Waals surface area contributed by atoms with Crippen molar-refractivity contribution >= 4 is 42.0 Å². The molecule has 18 heteroatoms. The first kappa shape index (κ1) is 41.0. The Labute approximate surface area is 260 Å². The fourth-order valence-electron chi connectivity index (χ4n) is 4.34. The molecule has 0 fully saturated rings. The molecule has 45 heavy (non-hydrogen) atoms. The number of hydrogen-bond acceptors (Lipinski definition) is 13. The molecule has 18 nitrogen and oxygen atoms in total. The second-order valence-electron chi connectivity index (χ2n) is 10.3. The van der Waals surface area contributed by atoms with Gasteiger partial charge in [-0.25, -0.2) is 4.79 Å². The summed E-state index contributed by atoms with van der Waals surface area (Å²) in [6.45, 7) is 1.41. The Balaban J connectivity index is 5.48. The molecule has 0 amide bonds. The molecule has 0 aliphatic rings. The van der Waals surface area contributed by atoms with Gasteiger partial charge in [0.05, 0.1) is 32.6 Å². The molecule has 0 aromatic rings. The molecule has 0 aliphatic carbocycles. The zero-order valence-electron chi connectivity index (χ0n) is 25.8. The summed E-state index contributed by atoms with van der Waals surface area (Å²) in [7, 11) is 0.